The third-order valence-electron chi connectivity index (χ3n) is 2.38. The Morgan fingerprint density at radius 1 is 0.842 bits per heavy atom. The molecule has 0 bridgehead atoms. The highest BCUT2D eigenvalue weighted by Gasteiger charge is 2.28. The standard InChI is InChI=1S/C8H4O3.C6H5ClO/c9-7-5-3-1-2-4-6(5)8(10)11-7;7-5-1-3-6(8)4-2-5/h1-4H;1-4,8H. The first-order valence-corrected chi connectivity index (χ1v) is 5.76. The Balaban J connectivity index is 0.000000148. The summed E-state index contributed by atoms with van der Waals surface area (Å²) in [5, 5.41) is 9.34. The third-order valence-corrected chi connectivity index (χ3v) is 2.63. The van der Waals surface area contributed by atoms with Gasteiger partial charge in [-0.3, -0.25) is 0 Å². The molecule has 0 radical (unpaired) electrons. The predicted molar refractivity (Wildman–Crippen MR) is 69.3 cm³/mol. The van der Waals surface area contributed by atoms with Crippen LogP contribution in [0.3, 0.4) is 0 Å². The summed E-state index contributed by atoms with van der Waals surface area (Å²) < 4.78 is 4.35. The third kappa shape index (κ3) is 3.11. The molecule has 0 amide bonds. The number of esters is 2. The Morgan fingerprint density at radius 2 is 1.32 bits per heavy atom. The van der Waals surface area contributed by atoms with E-state index in [0.717, 1.165) is 0 Å². The summed E-state index contributed by atoms with van der Waals surface area (Å²) in [5.74, 6) is -0.856. The van der Waals surface area contributed by atoms with E-state index < -0.39 is 11.9 Å². The van der Waals surface area contributed by atoms with Crippen LogP contribution in [0.4, 0.5) is 0 Å². The highest BCUT2D eigenvalue weighted by atomic mass is 35.5. The van der Waals surface area contributed by atoms with Gasteiger partial charge < -0.3 is 9.84 Å². The minimum absolute atomic E-state index is 0.245. The summed E-state index contributed by atoms with van der Waals surface area (Å²) in [7, 11) is 0. The van der Waals surface area contributed by atoms with Gasteiger partial charge in [0.25, 0.3) is 0 Å². The minimum atomic E-state index is -0.550. The van der Waals surface area contributed by atoms with E-state index in [0.29, 0.717) is 16.1 Å². The summed E-state index contributed by atoms with van der Waals surface area (Å²) in [6.45, 7) is 0. The first-order valence-electron chi connectivity index (χ1n) is 5.38. The van der Waals surface area contributed by atoms with Crippen LogP contribution in [-0.2, 0) is 4.74 Å². The van der Waals surface area contributed by atoms with Crippen LogP contribution in [0.15, 0.2) is 48.5 Å². The van der Waals surface area contributed by atoms with Crippen LogP contribution in [0, 0.1) is 0 Å². The van der Waals surface area contributed by atoms with Crippen molar-refractivity contribution in [2.24, 2.45) is 0 Å². The largest absolute Gasteiger partial charge is 0.508 e. The molecule has 0 unspecified atom stereocenters. The van der Waals surface area contributed by atoms with E-state index in [9.17, 15) is 9.59 Å². The van der Waals surface area contributed by atoms with Crippen LogP contribution in [0.25, 0.3) is 0 Å². The molecule has 0 atom stereocenters. The van der Waals surface area contributed by atoms with Gasteiger partial charge in [-0.2, -0.15) is 0 Å². The van der Waals surface area contributed by atoms with Crippen molar-refractivity contribution in [1.82, 2.24) is 0 Å². The molecule has 1 heterocycles. The molecule has 1 aliphatic heterocycles. The van der Waals surface area contributed by atoms with E-state index in [1.54, 1.807) is 48.5 Å². The second kappa shape index (κ2) is 5.54. The van der Waals surface area contributed by atoms with Gasteiger partial charge in [-0.1, -0.05) is 23.7 Å². The molecule has 19 heavy (non-hydrogen) atoms. The van der Waals surface area contributed by atoms with Crippen LogP contribution in [-0.4, -0.2) is 17.0 Å². The number of phenols is 1. The summed E-state index contributed by atoms with van der Waals surface area (Å²) in [6, 6.07) is 12.9. The molecule has 2 aromatic rings. The van der Waals surface area contributed by atoms with E-state index in [-0.39, 0.29) is 5.75 Å². The lowest BCUT2D eigenvalue weighted by Crippen LogP contribution is -1.96. The predicted octanol–water partition coefficient (Wildman–Crippen LogP) is 3.04. The molecule has 1 aliphatic rings. The molecule has 0 aromatic heterocycles. The van der Waals surface area contributed by atoms with Gasteiger partial charge in [-0.05, 0) is 36.4 Å². The van der Waals surface area contributed by atoms with Crippen LogP contribution in [0.2, 0.25) is 5.02 Å². The first-order chi connectivity index (χ1) is 9.08. The van der Waals surface area contributed by atoms with Gasteiger partial charge in [0, 0.05) is 5.02 Å². The van der Waals surface area contributed by atoms with Crippen molar-refractivity contribution in [1.29, 1.82) is 0 Å². The second-order valence-electron chi connectivity index (χ2n) is 3.70. The lowest BCUT2D eigenvalue weighted by Gasteiger charge is -1.87. The average Bonchev–Trinajstić information content (AvgIpc) is 2.70. The summed E-state index contributed by atoms with van der Waals surface area (Å²) in [5.41, 5.74) is 0.718. The number of phenolic OH excluding ortho intramolecular Hbond substituents is 1. The van der Waals surface area contributed by atoms with E-state index in [4.69, 9.17) is 16.7 Å². The van der Waals surface area contributed by atoms with E-state index in [1.807, 2.05) is 0 Å². The fourth-order valence-corrected chi connectivity index (χ4v) is 1.60. The number of benzene rings is 2. The minimum Gasteiger partial charge on any atom is -0.508 e. The molecule has 4 nitrogen and oxygen atoms in total. The number of carbonyl (C=O) groups excluding carboxylic acids is 2. The maximum atomic E-state index is 10.8. The molecule has 0 saturated heterocycles. The van der Waals surface area contributed by atoms with Crippen molar-refractivity contribution in [2.75, 3.05) is 0 Å². The quantitative estimate of drug-likeness (QED) is 0.593. The number of aromatic hydroxyl groups is 1. The topological polar surface area (TPSA) is 63.6 Å². The number of halogens is 1. The number of ether oxygens (including phenoxy) is 1. The van der Waals surface area contributed by atoms with Crippen LogP contribution in [0.1, 0.15) is 20.7 Å². The number of hydrogen-bond donors (Lipinski definition) is 1. The number of hydrogen-bond acceptors (Lipinski definition) is 4. The zero-order chi connectivity index (χ0) is 13.8. The molecular formula is C14H9ClO4. The lowest BCUT2D eigenvalue weighted by atomic mass is 10.1. The molecule has 0 spiro atoms. The van der Waals surface area contributed by atoms with E-state index >= 15 is 0 Å². The number of rotatable bonds is 0. The van der Waals surface area contributed by atoms with E-state index in [1.165, 1.54) is 0 Å². The zero-order valence-electron chi connectivity index (χ0n) is 9.67. The number of carbonyl (C=O) groups is 2. The van der Waals surface area contributed by atoms with Crippen LogP contribution < -0.4 is 0 Å². The first kappa shape index (κ1) is 13.1. The van der Waals surface area contributed by atoms with Crippen molar-refractivity contribution in [3.63, 3.8) is 0 Å². The molecular weight excluding hydrogens is 268 g/mol. The highest BCUT2D eigenvalue weighted by molar-refractivity contribution is 6.30. The smallest absolute Gasteiger partial charge is 0.346 e. The molecule has 96 valence electrons. The van der Waals surface area contributed by atoms with Gasteiger partial charge in [0.2, 0.25) is 0 Å². The van der Waals surface area contributed by atoms with Gasteiger partial charge in [0.15, 0.2) is 0 Å². The van der Waals surface area contributed by atoms with Crippen molar-refractivity contribution in [3.05, 3.63) is 64.7 Å². The van der Waals surface area contributed by atoms with Crippen molar-refractivity contribution in [3.8, 4) is 5.75 Å². The molecule has 2 aromatic carbocycles. The lowest BCUT2D eigenvalue weighted by molar-refractivity contribution is 0.0444. The molecule has 0 fully saturated rings. The van der Waals surface area contributed by atoms with Gasteiger partial charge >= 0.3 is 11.9 Å². The van der Waals surface area contributed by atoms with Crippen molar-refractivity contribution in [2.45, 2.75) is 0 Å². The molecule has 5 heteroatoms. The Bertz CT molecular complexity index is 566. The van der Waals surface area contributed by atoms with Gasteiger partial charge in [-0.25, -0.2) is 9.59 Å². The maximum absolute atomic E-state index is 10.8. The number of fused-ring (bicyclic) bond motifs is 1. The Labute approximate surface area is 114 Å². The van der Waals surface area contributed by atoms with Gasteiger partial charge in [0.1, 0.15) is 5.75 Å². The van der Waals surface area contributed by atoms with Crippen molar-refractivity contribution < 1.29 is 19.4 Å². The molecule has 1 N–H and O–H groups in total. The number of cyclic esters (lactones) is 2. The monoisotopic (exact) mass is 276 g/mol. The average molecular weight is 277 g/mol. The summed E-state index contributed by atoms with van der Waals surface area (Å²) >= 11 is 5.50. The fourth-order valence-electron chi connectivity index (χ4n) is 1.47. The Kier molecular flexibility index (Phi) is 3.82. The van der Waals surface area contributed by atoms with Crippen LogP contribution in [0.5, 0.6) is 5.75 Å². The highest BCUT2D eigenvalue weighted by Crippen LogP contribution is 2.18. The Hall–Kier alpha value is -2.33. The maximum Gasteiger partial charge on any atom is 0.346 e. The molecule has 3 rings (SSSR count). The second-order valence-corrected chi connectivity index (χ2v) is 4.14. The zero-order valence-corrected chi connectivity index (χ0v) is 10.4. The molecule has 0 saturated carbocycles. The fraction of sp³-hybridized carbons (Fsp3) is 0. The van der Waals surface area contributed by atoms with Crippen molar-refractivity contribution >= 4 is 23.5 Å². The van der Waals surface area contributed by atoms with Gasteiger partial charge in [0.05, 0.1) is 11.1 Å². The van der Waals surface area contributed by atoms with Gasteiger partial charge in [-0.15, -0.1) is 0 Å². The SMILES string of the molecule is O=C1OC(=O)c2ccccc21.Oc1ccc(Cl)cc1. The van der Waals surface area contributed by atoms with E-state index in [2.05, 4.69) is 4.74 Å². The van der Waals surface area contributed by atoms with Crippen LogP contribution >= 0.6 is 11.6 Å². The summed E-state index contributed by atoms with van der Waals surface area (Å²) in [6.07, 6.45) is 0. The summed E-state index contributed by atoms with van der Waals surface area (Å²) in [4.78, 5) is 21.7. The molecule has 0 aliphatic carbocycles. The Morgan fingerprint density at radius 3 is 1.74 bits per heavy atom. The normalized spacial score (nSPS) is 12.3.